The number of carbonyl (C=O) groups is 1. The minimum Gasteiger partial charge on any atom is -0.338 e. The Morgan fingerprint density at radius 3 is 2.60 bits per heavy atom. The third-order valence-electron chi connectivity index (χ3n) is 4.07. The van der Waals surface area contributed by atoms with Crippen LogP contribution in [0.4, 0.5) is 5.69 Å². The Kier molecular flexibility index (Phi) is 3.47. The predicted octanol–water partition coefficient (Wildman–Crippen LogP) is 1.65. The molecule has 0 bridgehead atoms. The van der Waals surface area contributed by atoms with E-state index in [-0.39, 0.29) is 11.6 Å². The van der Waals surface area contributed by atoms with Gasteiger partial charge in [0.05, 0.1) is 10.5 Å². The molecule has 2 aliphatic rings. The maximum atomic E-state index is 12.5. The summed E-state index contributed by atoms with van der Waals surface area (Å²) in [7, 11) is 0. The molecule has 2 fully saturated rings. The third kappa shape index (κ3) is 2.31. The lowest BCUT2D eigenvalue weighted by molar-refractivity contribution is -0.384. The minimum absolute atomic E-state index is 0.0578. The Morgan fingerprint density at radius 2 is 2.00 bits per heavy atom. The van der Waals surface area contributed by atoms with Crippen LogP contribution in [0, 0.1) is 22.0 Å². The summed E-state index contributed by atoms with van der Waals surface area (Å²) in [4.78, 5) is 24.7. The van der Waals surface area contributed by atoms with Crippen molar-refractivity contribution in [1.82, 2.24) is 10.2 Å². The molecule has 20 heavy (non-hydrogen) atoms. The lowest BCUT2D eigenvalue weighted by atomic mass is 10.0. The molecular weight excluding hydrogens is 326 g/mol. The zero-order valence-electron chi connectivity index (χ0n) is 10.7. The summed E-state index contributed by atoms with van der Waals surface area (Å²) in [5, 5.41) is 14.1. The van der Waals surface area contributed by atoms with Crippen LogP contribution in [0.25, 0.3) is 0 Å². The number of amides is 1. The van der Waals surface area contributed by atoms with E-state index >= 15 is 0 Å². The van der Waals surface area contributed by atoms with Crippen LogP contribution < -0.4 is 5.32 Å². The van der Waals surface area contributed by atoms with Crippen LogP contribution in [0.2, 0.25) is 0 Å². The zero-order valence-corrected chi connectivity index (χ0v) is 12.3. The van der Waals surface area contributed by atoms with Crippen LogP contribution in [-0.4, -0.2) is 41.9 Å². The first-order valence-corrected chi connectivity index (χ1v) is 7.29. The van der Waals surface area contributed by atoms with E-state index in [4.69, 9.17) is 0 Å². The Labute approximate surface area is 124 Å². The summed E-state index contributed by atoms with van der Waals surface area (Å²) >= 11 is 3.31. The number of hydrogen-bond acceptors (Lipinski definition) is 4. The molecule has 2 unspecified atom stereocenters. The summed E-state index contributed by atoms with van der Waals surface area (Å²) in [5.74, 6) is 0.892. The average Bonchev–Trinajstić information content (AvgIpc) is 2.98. The highest BCUT2D eigenvalue weighted by Gasteiger charge is 2.38. The number of benzene rings is 1. The second-order valence-corrected chi connectivity index (χ2v) is 6.16. The molecule has 2 saturated heterocycles. The first-order chi connectivity index (χ1) is 9.56. The predicted molar refractivity (Wildman–Crippen MR) is 76.5 cm³/mol. The van der Waals surface area contributed by atoms with Gasteiger partial charge in [-0.1, -0.05) is 0 Å². The molecule has 1 N–H and O–H groups in total. The Bertz CT molecular complexity index is 566. The van der Waals surface area contributed by atoms with E-state index in [0.717, 1.165) is 26.2 Å². The number of likely N-dealkylation sites (tertiary alicyclic amines) is 1. The zero-order chi connectivity index (χ0) is 14.3. The van der Waals surface area contributed by atoms with Gasteiger partial charge in [0.15, 0.2) is 0 Å². The topological polar surface area (TPSA) is 75.5 Å². The number of halogens is 1. The highest BCUT2D eigenvalue weighted by molar-refractivity contribution is 9.10. The fraction of sp³-hybridized carbons (Fsp3) is 0.462. The molecule has 1 amide bonds. The number of nitrogens with zero attached hydrogens (tertiary/aromatic N) is 2. The monoisotopic (exact) mass is 339 g/mol. The van der Waals surface area contributed by atoms with Crippen molar-refractivity contribution in [1.29, 1.82) is 0 Å². The summed E-state index contributed by atoms with van der Waals surface area (Å²) in [5.41, 5.74) is 0.310. The number of fused-ring (bicyclic) bond motifs is 1. The largest absolute Gasteiger partial charge is 0.338 e. The van der Waals surface area contributed by atoms with Crippen LogP contribution in [0.15, 0.2) is 22.7 Å². The average molecular weight is 340 g/mol. The maximum absolute atomic E-state index is 12.5. The van der Waals surface area contributed by atoms with Gasteiger partial charge >= 0.3 is 0 Å². The molecule has 6 nitrogen and oxygen atoms in total. The van der Waals surface area contributed by atoms with E-state index in [2.05, 4.69) is 21.2 Å². The molecule has 2 aliphatic heterocycles. The first kappa shape index (κ1) is 13.5. The van der Waals surface area contributed by atoms with Crippen LogP contribution in [-0.2, 0) is 0 Å². The van der Waals surface area contributed by atoms with Crippen molar-refractivity contribution in [3.63, 3.8) is 0 Å². The van der Waals surface area contributed by atoms with E-state index in [1.165, 1.54) is 12.1 Å². The van der Waals surface area contributed by atoms with E-state index in [0.29, 0.717) is 21.9 Å². The molecule has 0 aromatic heterocycles. The fourth-order valence-electron chi connectivity index (χ4n) is 2.98. The molecule has 7 heteroatoms. The number of carbonyl (C=O) groups excluding carboxylic acids is 1. The normalized spacial score (nSPS) is 24.8. The number of nitro groups is 1. The second kappa shape index (κ2) is 5.14. The molecule has 0 saturated carbocycles. The van der Waals surface area contributed by atoms with Gasteiger partial charge in [0.1, 0.15) is 0 Å². The van der Waals surface area contributed by atoms with Crippen molar-refractivity contribution in [2.24, 2.45) is 11.8 Å². The van der Waals surface area contributed by atoms with Crippen LogP contribution in [0.5, 0.6) is 0 Å². The van der Waals surface area contributed by atoms with Crippen molar-refractivity contribution in [2.45, 2.75) is 0 Å². The van der Waals surface area contributed by atoms with E-state index in [1.807, 2.05) is 0 Å². The molecular formula is C13H14BrN3O3. The Morgan fingerprint density at radius 1 is 1.35 bits per heavy atom. The molecule has 0 radical (unpaired) electrons. The van der Waals surface area contributed by atoms with Gasteiger partial charge in [-0.05, 0) is 33.8 Å². The number of rotatable bonds is 2. The molecule has 2 atom stereocenters. The second-order valence-electron chi connectivity index (χ2n) is 5.31. The van der Waals surface area contributed by atoms with Crippen LogP contribution in [0.1, 0.15) is 10.4 Å². The van der Waals surface area contributed by atoms with Crippen LogP contribution >= 0.6 is 15.9 Å². The molecule has 3 rings (SSSR count). The lowest BCUT2D eigenvalue weighted by Crippen LogP contribution is -2.32. The smallest absolute Gasteiger partial charge is 0.270 e. The summed E-state index contributed by atoms with van der Waals surface area (Å²) < 4.78 is 0.600. The quantitative estimate of drug-likeness (QED) is 0.656. The van der Waals surface area contributed by atoms with Gasteiger partial charge in [-0.2, -0.15) is 0 Å². The number of nitrogens with one attached hydrogen (secondary N) is 1. The standard InChI is InChI=1S/C13H14BrN3O3/c14-12-2-1-10(17(19)20)3-11(12)13(18)16-6-8-4-15-5-9(8)7-16/h1-3,8-9,15H,4-7H2. The number of non-ortho nitro benzene ring substituents is 1. The van der Waals surface area contributed by atoms with Crippen molar-refractivity contribution < 1.29 is 9.72 Å². The summed E-state index contributed by atoms with van der Waals surface area (Å²) in [6, 6.07) is 4.30. The number of hydrogen-bond donors (Lipinski definition) is 1. The molecule has 1 aromatic carbocycles. The first-order valence-electron chi connectivity index (χ1n) is 6.50. The van der Waals surface area contributed by atoms with Crippen molar-refractivity contribution >= 4 is 27.5 Å². The van der Waals surface area contributed by atoms with E-state index in [1.54, 1.807) is 11.0 Å². The highest BCUT2D eigenvalue weighted by atomic mass is 79.9. The minimum atomic E-state index is -0.480. The Hall–Kier alpha value is -1.47. The molecule has 0 spiro atoms. The van der Waals surface area contributed by atoms with Gasteiger partial charge in [-0.25, -0.2) is 0 Å². The maximum Gasteiger partial charge on any atom is 0.270 e. The summed E-state index contributed by atoms with van der Waals surface area (Å²) in [6.07, 6.45) is 0. The van der Waals surface area contributed by atoms with Crippen molar-refractivity contribution in [2.75, 3.05) is 26.2 Å². The van der Waals surface area contributed by atoms with Gasteiger partial charge in [-0.3, -0.25) is 14.9 Å². The van der Waals surface area contributed by atoms with Gasteiger partial charge < -0.3 is 10.2 Å². The Balaban J connectivity index is 1.84. The molecule has 0 aliphatic carbocycles. The lowest BCUT2D eigenvalue weighted by Gasteiger charge is -2.18. The number of nitro benzene ring substituents is 1. The molecule has 1 aromatic rings. The molecule has 106 valence electrons. The van der Waals surface area contributed by atoms with E-state index in [9.17, 15) is 14.9 Å². The van der Waals surface area contributed by atoms with Gasteiger partial charge in [0.25, 0.3) is 11.6 Å². The highest BCUT2D eigenvalue weighted by Crippen LogP contribution is 2.30. The van der Waals surface area contributed by atoms with Crippen molar-refractivity contribution in [3.05, 3.63) is 38.3 Å². The SMILES string of the molecule is O=C(c1cc([N+](=O)[O-])ccc1Br)N1CC2CNCC2C1. The van der Waals surface area contributed by atoms with Gasteiger partial charge in [0, 0.05) is 42.8 Å². The third-order valence-corrected chi connectivity index (χ3v) is 4.76. The van der Waals surface area contributed by atoms with Crippen LogP contribution in [0.3, 0.4) is 0 Å². The van der Waals surface area contributed by atoms with Gasteiger partial charge in [0.2, 0.25) is 0 Å². The van der Waals surface area contributed by atoms with E-state index < -0.39 is 4.92 Å². The van der Waals surface area contributed by atoms with Gasteiger partial charge in [-0.15, -0.1) is 0 Å². The molecule has 2 heterocycles. The summed E-state index contributed by atoms with van der Waals surface area (Å²) in [6.45, 7) is 3.35. The fourth-order valence-corrected chi connectivity index (χ4v) is 3.40. The van der Waals surface area contributed by atoms with Crippen molar-refractivity contribution in [3.8, 4) is 0 Å².